The van der Waals surface area contributed by atoms with E-state index in [9.17, 15) is 4.79 Å². The average molecular weight is 276 g/mol. The number of rotatable bonds is 10. The quantitative estimate of drug-likeness (QED) is 0.506. The Labute approximate surface area is 122 Å². The van der Waals surface area contributed by atoms with E-state index in [1.54, 1.807) is 0 Å². The van der Waals surface area contributed by atoms with Crippen molar-refractivity contribution in [3.8, 4) is 0 Å². The first-order chi connectivity index (χ1) is 9.63. The van der Waals surface area contributed by atoms with E-state index >= 15 is 0 Å². The fraction of sp³-hybridized carbons (Fsp3) is 0.588. The lowest BCUT2D eigenvalue weighted by Gasteiger charge is -2.08. The van der Waals surface area contributed by atoms with Crippen LogP contribution in [0.4, 0.5) is 5.69 Å². The first-order valence-electron chi connectivity index (χ1n) is 7.79. The Hall–Kier alpha value is -1.51. The van der Waals surface area contributed by atoms with Crippen molar-refractivity contribution >= 4 is 11.6 Å². The van der Waals surface area contributed by atoms with Gasteiger partial charge in [-0.2, -0.15) is 0 Å². The van der Waals surface area contributed by atoms with Crippen LogP contribution in [0.1, 0.15) is 63.0 Å². The molecule has 0 aromatic heterocycles. The number of amides is 1. The SMILES string of the molecule is CCCCCCCc1ccc(CCCC(N)=O)c(N)c1. The minimum atomic E-state index is -0.243. The monoisotopic (exact) mass is 276 g/mol. The highest BCUT2D eigenvalue weighted by Gasteiger charge is 2.03. The third kappa shape index (κ3) is 6.60. The van der Waals surface area contributed by atoms with Gasteiger partial charge in [0.05, 0.1) is 0 Å². The summed E-state index contributed by atoms with van der Waals surface area (Å²) in [7, 11) is 0. The molecule has 0 heterocycles. The third-order valence-electron chi connectivity index (χ3n) is 3.65. The van der Waals surface area contributed by atoms with E-state index in [-0.39, 0.29) is 5.91 Å². The highest BCUT2D eigenvalue weighted by Crippen LogP contribution is 2.18. The molecule has 0 bridgehead atoms. The maximum absolute atomic E-state index is 10.7. The van der Waals surface area contributed by atoms with Crippen molar-refractivity contribution < 1.29 is 4.79 Å². The molecule has 1 rings (SSSR count). The van der Waals surface area contributed by atoms with Crippen molar-refractivity contribution in [2.24, 2.45) is 5.73 Å². The smallest absolute Gasteiger partial charge is 0.217 e. The first kappa shape index (κ1) is 16.5. The molecule has 0 fully saturated rings. The van der Waals surface area contributed by atoms with Gasteiger partial charge in [0, 0.05) is 12.1 Å². The molecule has 112 valence electrons. The van der Waals surface area contributed by atoms with Gasteiger partial charge in [-0.25, -0.2) is 0 Å². The van der Waals surface area contributed by atoms with Crippen LogP contribution in [0.5, 0.6) is 0 Å². The van der Waals surface area contributed by atoms with Crippen LogP contribution in [-0.4, -0.2) is 5.91 Å². The van der Waals surface area contributed by atoms with Crippen LogP contribution >= 0.6 is 0 Å². The zero-order valence-corrected chi connectivity index (χ0v) is 12.7. The minimum Gasteiger partial charge on any atom is -0.398 e. The molecule has 0 aliphatic heterocycles. The van der Waals surface area contributed by atoms with Gasteiger partial charge in [0.2, 0.25) is 5.91 Å². The van der Waals surface area contributed by atoms with Crippen molar-refractivity contribution in [2.45, 2.75) is 64.7 Å². The number of unbranched alkanes of at least 4 members (excludes halogenated alkanes) is 4. The van der Waals surface area contributed by atoms with Crippen molar-refractivity contribution in [1.29, 1.82) is 0 Å². The Balaban J connectivity index is 2.36. The zero-order valence-electron chi connectivity index (χ0n) is 12.7. The van der Waals surface area contributed by atoms with Gasteiger partial charge in [-0.15, -0.1) is 0 Å². The second-order valence-electron chi connectivity index (χ2n) is 5.52. The summed E-state index contributed by atoms with van der Waals surface area (Å²) in [5.41, 5.74) is 14.5. The van der Waals surface area contributed by atoms with Crippen LogP contribution in [0.3, 0.4) is 0 Å². The van der Waals surface area contributed by atoms with E-state index < -0.39 is 0 Å². The van der Waals surface area contributed by atoms with E-state index in [1.807, 2.05) is 0 Å². The minimum absolute atomic E-state index is 0.243. The number of hydrogen-bond acceptors (Lipinski definition) is 2. The lowest BCUT2D eigenvalue weighted by molar-refractivity contribution is -0.118. The molecule has 0 aliphatic carbocycles. The van der Waals surface area contributed by atoms with E-state index in [2.05, 4.69) is 25.1 Å². The van der Waals surface area contributed by atoms with Crippen LogP contribution in [-0.2, 0) is 17.6 Å². The van der Waals surface area contributed by atoms with Gasteiger partial charge >= 0.3 is 0 Å². The summed E-state index contributed by atoms with van der Waals surface area (Å²) in [6, 6.07) is 6.34. The lowest BCUT2D eigenvalue weighted by atomic mass is 10.0. The van der Waals surface area contributed by atoms with Crippen LogP contribution in [0.15, 0.2) is 18.2 Å². The summed E-state index contributed by atoms with van der Waals surface area (Å²) in [6.45, 7) is 2.23. The van der Waals surface area contributed by atoms with Crippen molar-refractivity contribution in [3.63, 3.8) is 0 Å². The average Bonchev–Trinajstić information content (AvgIpc) is 2.40. The molecule has 1 aromatic carbocycles. The maximum atomic E-state index is 10.7. The predicted molar refractivity (Wildman–Crippen MR) is 85.4 cm³/mol. The second-order valence-corrected chi connectivity index (χ2v) is 5.52. The molecular formula is C17H28N2O. The van der Waals surface area contributed by atoms with E-state index in [0.29, 0.717) is 6.42 Å². The molecule has 0 aliphatic rings. The Bertz CT molecular complexity index is 415. The summed E-state index contributed by atoms with van der Waals surface area (Å²) in [5.74, 6) is -0.243. The Kier molecular flexibility index (Phi) is 7.78. The predicted octanol–water partition coefficient (Wildman–Crippen LogP) is 3.59. The van der Waals surface area contributed by atoms with Crippen molar-refractivity contribution in [3.05, 3.63) is 29.3 Å². The van der Waals surface area contributed by atoms with Gasteiger partial charge in [-0.3, -0.25) is 4.79 Å². The summed E-state index contributed by atoms with van der Waals surface area (Å²) in [6.07, 6.45) is 9.62. The summed E-state index contributed by atoms with van der Waals surface area (Å²) in [5, 5.41) is 0. The van der Waals surface area contributed by atoms with E-state index in [4.69, 9.17) is 11.5 Å². The highest BCUT2D eigenvalue weighted by atomic mass is 16.1. The van der Waals surface area contributed by atoms with Crippen molar-refractivity contribution in [2.75, 3.05) is 5.73 Å². The number of carbonyl (C=O) groups excluding carboxylic acids is 1. The molecule has 1 amide bonds. The van der Waals surface area contributed by atoms with Gasteiger partial charge in [0.1, 0.15) is 0 Å². The third-order valence-corrected chi connectivity index (χ3v) is 3.65. The molecule has 0 atom stereocenters. The normalized spacial score (nSPS) is 10.7. The fourth-order valence-corrected chi connectivity index (χ4v) is 2.41. The molecular weight excluding hydrogens is 248 g/mol. The molecule has 0 saturated heterocycles. The molecule has 1 aromatic rings. The van der Waals surface area contributed by atoms with Crippen molar-refractivity contribution in [1.82, 2.24) is 0 Å². The first-order valence-corrected chi connectivity index (χ1v) is 7.79. The zero-order chi connectivity index (χ0) is 14.8. The van der Waals surface area contributed by atoms with Crippen LogP contribution in [0.2, 0.25) is 0 Å². The molecule has 3 nitrogen and oxygen atoms in total. The topological polar surface area (TPSA) is 69.1 Å². The second kappa shape index (κ2) is 9.40. The number of benzene rings is 1. The Morgan fingerprint density at radius 2 is 1.80 bits per heavy atom. The summed E-state index contributed by atoms with van der Waals surface area (Å²) < 4.78 is 0. The number of primary amides is 1. The van der Waals surface area contributed by atoms with Gasteiger partial charge in [0.15, 0.2) is 0 Å². The summed E-state index contributed by atoms with van der Waals surface area (Å²) in [4.78, 5) is 10.7. The molecule has 4 N–H and O–H groups in total. The number of aryl methyl sites for hydroxylation is 2. The van der Waals surface area contributed by atoms with E-state index in [0.717, 1.165) is 30.5 Å². The van der Waals surface area contributed by atoms with Gasteiger partial charge in [-0.1, -0.05) is 44.7 Å². The number of carbonyl (C=O) groups is 1. The van der Waals surface area contributed by atoms with Crippen LogP contribution in [0.25, 0.3) is 0 Å². The Morgan fingerprint density at radius 1 is 1.05 bits per heavy atom. The van der Waals surface area contributed by atoms with E-state index in [1.165, 1.54) is 37.7 Å². The maximum Gasteiger partial charge on any atom is 0.217 e. The highest BCUT2D eigenvalue weighted by molar-refractivity contribution is 5.73. The summed E-state index contributed by atoms with van der Waals surface area (Å²) >= 11 is 0. The van der Waals surface area contributed by atoms with Gasteiger partial charge in [-0.05, 0) is 42.9 Å². The molecule has 0 saturated carbocycles. The van der Waals surface area contributed by atoms with Gasteiger partial charge in [0.25, 0.3) is 0 Å². The number of hydrogen-bond donors (Lipinski definition) is 2. The van der Waals surface area contributed by atoms with Gasteiger partial charge < -0.3 is 11.5 Å². The van der Waals surface area contributed by atoms with Crippen LogP contribution in [0, 0.1) is 0 Å². The molecule has 0 spiro atoms. The number of anilines is 1. The lowest BCUT2D eigenvalue weighted by Crippen LogP contribution is -2.10. The van der Waals surface area contributed by atoms with Crippen LogP contribution < -0.4 is 11.5 Å². The largest absolute Gasteiger partial charge is 0.398 e. The molecule has 0 radical (unpaired) electrons. The number of nitrogen functional groups attached to an aromatic ring is 1. The molecule has 3 heteroatoms. The molecule has 0 unspecified atom stereocenters. The standard InChI is InChI=1S/C17H28N2O/c1-2-3-4-5-6-8-14-11-12-15(16(18)13-14)9-7-10-17(19)20/h11-13H,2-10,18H2,1H3,(H2,19,20). The molecule has 20 heavy (non-hydrogen) atoms. The fourth-order valence-electron chi connectivity index (χ4n) is 2.41. The number of nitrogens with two attached hydrogens (primary N) is 2. The Morgan fingerprint density at radius 3 is 2.45 bits per heavy atom.